The number of carbonyl (C=O) groups is 1. The molecule has 0 bridgehead atoms. The fraction of sp³-hybridized carbons (Fsp3) is 0.500. The fourth-order valence-electron chi connectivity index (χ4n) is 1.85. The average molecular weight is 350 g/mol. The van der Waals surface area contributed by atoms with Crippen LogP contribution in [-0.2, 0) is 20.3 Å². The van der Waals surface area contributed by atoms with Gasteiger partial charge in [-0.25, -0.2) is 8.42 Å². The summed E-state index contributed by atoms with van der Waals surface area (Å²) in [5, 5.41) is 2.73. The second-order valence-electron chi connectivity index (χ2n) is 4.95. The van der Waals surface area contributed by atoms with E-state index in [1.165, 1.54) is 20.3 Å². The minimum absolute atomic E-state index is 0.0504. The van der Waals surface area contributed by atoms with Crippen molar-refractivity contribution in [2.45, 2.75) is 25.2 Å². The van der Waals surface area contributed by atoms with Gasteiger partial charge in [0.1, 0.15) is 0 Å². The van der Waals surface area contributed by atoms with Crippen molar-refractivity contribution in [2.75, 3.05) is 20.8 Å². The normalized spacial score (nSPS) is 11.4. The molecule has 22 heavy (non-hydrogen) atoms. The number of rotatable bonds is 7. The van der Waals surface area contributed by atoms with Crippen LogP contribution in [0.5, 0.6) is 11.5 Å². The zero-order valence-electron chi connectivity index (χ0n) is 13.0. The Kier molecular flexibility index (Phi) is 6.49. The van der Waals surface area contributed by atoms with E-state index < -0.39 is 9.05 Å². The first-order valence-electron chi connectivity index (χ1n) is 6.68. The molecule has 124 valence electrons. The Morgan fingerprint density at radius 3 is 2.23 bits per heavy atom. The SMILES string of the molecule is COc1cc(CCNC(=O)C(C)C)c(S(=O)(=O)Cl)cc1OC. The first-order valence-corrected chi connectivity index (χ1v) is 8.99. The van der Waals surface area contributed by atoms with Gasteiger partial charge >= 0.3 is 0 Å². The Bertz CT molecular complexity index is 643. The molecule has 1 amide bonds. The number of hydrogen-bond acceptors (Lipinski definition) is 5. The van der Waals surface area contributed by atoms with Crippen LogP contribution in [-0.4, -0.2) is 35.1 Å². The maximum absolute atomic E-state index is 11.7. The fourth-order valence-corrected chi connectivity index (χ4v) is 3.00. The zero-order chi connectivity index (χ0) is 16.9. The van der Waals surface area contributed by atoms with Gasteiger partial charge in [0, 0.05) is 29.2 Å². The van der Waals surface area contributed by atoms with Gasteiger partial charge in [-0.2, -0.15) is 0 Å². The van der Waals surface area contributed by atoms with Gasteiger partial charge in [0.15, 0.2) is 11.5 Å². The third-order valence-corrected chi connectivity index (χ3v) is 4.45. The highest BCUT2D eigenvalue weighted by molar-refractivity contribution is 8.13. The van der Waals surface area contributed by atoms with Crippen LogP contribution in [0.25, 0.3) is 0 Å². The molecule has 1 N–H and O–H groups in total. The molecule has 0 radical (unpaired) electrons. The summed E-state index contributed by atoms with van der Waals surface area (Å²) in [5.74, 6) is 0.436. The average Bonchev–Trinajstić information content (AvgIpc) is 2.45. The van der Waals surface area contributed by atoms with Crippen LogP contribution in [0.1, 0.15) is 19.4 Å². The van der Waals surface area contributed by atoms with Crippen LogP contribution in [0, 0.1) is 5.92 Å². The molecule has 0 aliphatic heterocycles. The Morgan fingerprint density at radius 2 is 1.77 bits per heavy atom. The smallest absolute Gasteiger partial charge is 0.261 e. The van der Waals surface area contributed by atoms with E-state index in [9.17, 15) is 13.2 Å². The molecule has 1 aromatic rings. The summed E-state index contributed by atoms with van der Waals surface area (Å²) >= 11 is 0. The van der Waals surface area contributed by atoms with E-state index in [1.54, 1.807) is 19.9 Å². The number of ether oxygens (including phenoxy) is 2. The molecule has 1 rings (SSSR count). The van der Waals surface area contributed by atoms with Crippen LogP contribution >= 0.6 is 10.7 Å². The Balaban J connectivity index is 3.08. The molecule has 0 heterocycles. The van der Waals surface area contributed by atoms with Crippen molar-refractivity contribution in [3.05, 3.63) is 17.7 Å². The zero-order valence-corrected chi connectivity index (χ0v) is 14.5. The molecule has 0 fully saturated rings. The monoisotopic (exact) mass is 349 g/mol. The van der Waals surface area contributed by atoms with Crippen LogP contribution < -0.4 is 14.8 Å². The van der Waals surface area contributed by atoms with Gasteiger partial charge in [0.2, 0.25) is 5.91 Å². The minimum atomic E-state index is -3.93. The van der Waals surface area contributed by atoms with Gasteiger partial charge in [0.25, 0.3) is 9.05 Å². The van der Waals surface area contributed by atoms with E-state index >= 15 is 0 Å². The number of halogens is 1. The molecule has 0 aliphatic rings. The third kappa shape index (κ3) is 4.78. The van der Waals surface area contributed by atoms with Crippen LogP contribution in [0.3, 0.4) is 0 Å². The molecule has 1 aromatic carbocycles. The first kappa shape index (κ1) is 18.6. The van der Waals surface area contributed by atoms with Crippen molar-refractivity contribution in [2.24, 2.45) is 5.92 Å². The number of hydrogen-bond donors (Lipinski definition) is 1. The highest BCUT2D eigenvalue weighted by Gasteiger charge is 2.20. The third-order valence-electron chi connectivity index (χ3n) is 3.05. The molecule has 0 saturated carbocycles. The summed E-state index contributed by atoms with van der Waals surface area (Å²) in [6, 6.07) is 2.87. The molecule has 0 atom stereocenters. The van der Waals surface area contributed by atoms with Crippen LogP contribution in [0.4, 0.5) is 0 Å². The van der Waals surface area contributed by atoms with Crippen molar-refractivity contribution >= 4 is 25.6 Å². The van der Waals surface area contributed by atoms with Gasteiger partial charge in [-0.1, -0.05) is 13.8 Å². The van der Waals surface area contributed by atoms with E-state index in [2.05, 4.69) is 5.32 Å². The van der Waals surface area contributed by atoms with Crippen molar-refractivity contribution in [3.8, 4) is 11.5 Å². The minimum Gasteiger partial charge on any atom is -0.493 e. The summed E-state index contributed by atoms with van der Waals surface area (Å²) in [6.07, 6.45) is 0.306. The predicted octanol–water partition coefficient (Wildman–Crippen LogP) is 1.95. The molecular formula is C14H20ClNO5S. The number of benzene rings is 1. The molecule has 8 heteroatoms. The number of carbonyl (C=O) groups excluding carboxylic acids is 1. The summed E-state index contributed by atoms with van der Waals surface area (Å²) in [5.41, 5.74) is 0.455. The summed E-state index contributed by atoms with van der Waals surface area (Å²) in [4.78, 5) is 11.5. The maximum atomic E-state index is 11.7. The standard InChI is InChI=1S/C14H20ClNO5S/c1-9(2)14(17)16-6-5-10-7-11(20-3)12(21-4)8-13(10)22(15,18)19/h7-9H,5-6H2,1-4H3,(H,16,17). The largest absolute Gasteiger partial charge is 0.493 e. The topological polar surface area (TPSA) is 81.7 Å². The molecular weight excluding hydrogens is 330 g/mol. The molecule has 0 spiro atoms. The predicted molar refractivity (Wildman–Crippen MR) is 84.1 cm³/mol. The number of amides is 1. The number of nitrogens with one attached hydrogen (secondary N) is 1. The van der Waals surface area contributed by atoms with E-state index in [0.29, 0.717) is 24.3 Å². The Morgan fingerprint density at radius 1 is 1.23 bits per heavy atom. The van der Waals surface area contributed by atoms with E-state index in [4.69, 9.17) is 20.2 Å². The molecule has 0 aromatic heterocycles. The lowest BCUT2D eigenvalue weighted by molar-refractivity contribution is -0.123. The maximum Gasteiger partial charge on any atom is 0.261 e. The summed E-state index contributed by atoms with van der Waals surface area (Å²) in [7, 11) is 4.40. The lowest BCUT2D eigenvalue weighted by atomic mass is 10.1. The van der Waals surface area contributed by atoms with Gasteiger partial charge in [-0.3, -0.25) is 4.79 Å². The molecule has 0 saturated heterocycles. The molecule has 0 unspecified atom stereocenters. The van der Waals surface area contributed by atoms with E-state index in [1.807, 2.05) is 0 Å². The number of methoxy groups -OCH3 is 2. The van der Waals surface area contributed by atoms with Crippen molar-refractivity contribution in [3.63, 3.8) is 0 Å². The van der Waals surface area contributed by atoms with Crippen molar-refractivity contribution in [1.82, 2.24) is 5.32 Å². The summed E-state index contributed by atoms with van der Waals surface area (Å²) < 4.78 is 33.7. The first-order chi connectivity index (χ1) is 10.2. The Hall–Kier alpha value is -1.47. The quantitative estimate of drug-likeness (QED) is 0.761. The lowest BCUT2D eigenvalue weighted by Gasteiger charge is -2.14. The van der Waals surface area contributed by atoms with Gasteiger partial charge in [-0.15, -0.1) is 0 Å². The highest BCUT2D eigenvalue weighted by atomic mass is 35.7. The molecule has 0 aliphatic carbocycles. The van der Waals surface area contributed by atoms with Crippen LogP contribution in [0.2, 0.25) is 0 Å². The lowest BCUT2D eigenvalue weighted by Crippen LogP contribution is -2.29. The highest BCUT2D eigenvalue weighted by Crippen LogP contribution is 2.34. The summed E-state index contributed by atoms with van der Waals surface area (Å²) in [6.45, 7) is 3.85. The van der Waals surface area contributed by atoms with Gasteiger partial charge < -0.3 is 14.8 Å². The van der Waals surface area contributed by atoms with E-state index in [-0.39, 0.29) is 22.5 Å². The van der Waals surface area contributed by atoms with Crippen LogP contribution in [0.15, 0.2) is 17.0 Å². The van der Waals surface area contributed by atoms with Gasteiger partial charge in [-0.05, 0) is 18.1 Å². The van der Waals surface area contributed by atoms with Gasteiger partial charge in [0.05, 0.1) is 19.1 Å². The van der Waals surface area contributed by atoms with Crippen molar-refractivity contribution in [1.29, 1.82) is 0 Å². The second-order valence-corrected chi connectivity index (χ2v) is 7.48. The van der Waals surface area contributed by atoms with E-state index in [0.717, 1.165) is 0 Å². The molecule has 6 nitrogen and oxygen atoms in total. The Labute approximate surface area is 135 Å². The second kappa shape index (κ2) is 7.69. The van der Waals surface area contributed by atoms with Crippen molar-refractivity contribution < 1.29 is 22.7 Å².